The van der Waals surface area contributed by atoms with Crippen LogP contribution in [0.2, 0.25) is 0 Å². The summed E-state index contributed by atoms with van der Waals surface area (Å²) in [4.78, 5) is 11.1. The van der Waals surface area contributed by atoms with Crippen LogP contribution in [0.4, 0.5) is 0 Å². The average molecular weight is 356 g/mol. The first-order chi connectivity index (χ1) is 13.2. The predicted molar refractivity (Wildman–Crippen MR) is 108 cm³/mol. The van der Waals surface area contributed by atoms with E-state index < -0.39 is 5.97 Å². The van der Waals surface area contributed by atoms with E-state index in [2.05, 4.69) is 43.3 Å². The number of hydrogen-bond acceptors (Lipinski definition) is 2. The summed E-state index contributed by atoms with van der Waals surface area (Å²) in [6.45, 7) is 2.07. The zero-order valence-electron chi connectivity index (χ0n) is 15.1. The molecule has 27 heavy (non-hydrogen) atoms. The number of aryl methyl sites for hydroxylation is 1. The van der Waals surface area contributed by atoms with Gasteiger partial charge >= 0.3 is 5.97 Å². The first kappa shape index (κ1) is 17.1. The zero-order chi connectivity index (χ0) is 18.8. The minimum absolute atomic E-state index is 0.00889. The second-order valence-corrected chi connectivity index (χ2v) is 6.60. The fraction of sp³-hybridized carbons (Fsp3) is 0.125. The lowest BCUT2D eigenvalue weighted by Gasteiger charge is -2.06. The number of rotatable bonds is 5. The van der Waals surface area contributed by atoms with Crippen LogP contribution >= 0.6 is 0 Å². The molecule has 0 spiro atoms. The molecule has 3 nitrogen and oxygen atoms in total. The number of fused-ring (bicyclic) bond motifs is 1. The topological polar surface area (TPSA) is 50.4 Å². The second kappa shape index (κ2) is 7.12. The fourth-order valence-corrected chi connectivity index (χ4v) is 3.51. The molecule has 0 aliphatic heterocycles. The normalized spacial score (nSPS) is 11.0. The Morgan fingerprint density at radius 2 is 1.56 bits per heavy atom. The van der Waals surface area contributed by atoms with Crippen molar-refractivity contribution >= 4 is 16.9 Å². The van der Waals surface area contributed by atoms with Crippen molar-refractivity contribution in [1.29, 1.82) is 0 Å². The van der Waals surface area contributed by atoms with E-state index in [4.69, 9.17) is 9.52 Å². The van der Waals surface area contributed by atoms with Crippen molar-refractivity contribution in [1.82, 2.24) is 0 Å². The van der Waals surface area contributed by atoms with Crippen molar-refractivity contribution in [3.63, 3.8) is 0 Å². The molecule has 0 bridgehead atoms. The molecule has 4 aromatic rings. The van der Waals surface area contributed by atoms with E-state index in [1.165, 1.54) is 5.56 Å². The van der Waals surface area contributed by atoms with Gasteiger partial charge in [0.1, 0.15) is 11.3 Å². The molecule has 0 saturated carbocycles. The lowest BCUT2D eigenvalue weighted by Crippen LogP contribution is -1.99. The number of aliphatic carboxylic acids is 1. The molecule has 0 saturated heterocycles. The highest BCUT2D eigenvalue weighted by atomic mass is 16.4. The Kier molecular flexibility index (Phi) is 4.51. The first-order valence-electron chi connectivity index (χ1n) is 9.07. The van der Waals surface area contributed by atoms with Crippen LogP contribution in [0.15, 0.2) is 77.2 Å². The highest BCUT2D eigenvalue weighted by molar-refractivity contribution is 5.96. The molecule has 0 aliphatic carbocycles. The van der Waals surface area contributed by atoms with Crippen LogP contribution in [0.5, 0.6) is 0 Å². The molecule has 0 fully saturated rings. The SMILES string of the molecule is CCc1oc2ccc(CC(=O)O)cc2c1-c1ccc(-c2ccccc2)cc1. The van der Waals surface area contributed by atoms with Crippen LogP contribution in [-0.2, 0) is 17.6 Å². The van der Waals surface area contributed by atoms with Gasteiger partial charge in [0, 0.05) is 17.4 Å². The third kappa shape index (κ3) is 3.36. The van der Waals surface area contributed by atoms with Crippen molar-refractivity contribution in [2.24, 2.45) is 0 Å². The average Bonchev–Trinajstić information content (AvgIpc) is 3.06. The van der Waals surface area contributed by atoms with Gasteiger partial charge in [-0.2, -0.15) is 0 Å². The van der Waals surface area contributed by atoms with Gasteiger partial charge in [0.25, 0.3) is 0 Å². The third-order valence-corrected chi connectivity index (χ3v) is 4.78. The molecule has 0 unspecified atom stereocenters. The smallest absolute Gasteiger partial charge is 0.307 e. The number of hydrogen-bond donors (Lipinski definition) is 1. The number of furan rings is 1. The largest absolute Gasteiger partial charge is 0.481 e. The van der Waals surface area contributed by atoms with E-state index in [0.717, 1.165) is 45.4 Å². The maximum absolute atomic E-state index is 11.1. The van der Waals surface area contributed by atoms with Crippen LogP contribution in [0, 0.1) is 0 Å². The molecule has 1 aromatic heterocycles. The first-order valence-corrected chi connectivity index (χ1v) is 9.07. The Labute approximate surface area is 157 Å². The summed E-state index contributed by atoms with van der Waals surface area (Å²) in [7, 11) is 0. The fourth-order valence-electron chi connectivity index (χ4n) is 3.51. The highest BCUT2D eigenvalue weighted by Gasteiger charge is 2.16. The van der Waals surface area contributed by atoms with Crippen LogP contribution < -0.4 is 0 Å². The molecule has 0 atom stereocenters. The van der Waals surface area contributed by atoms with Crippen LogP contribution in [0.25, 0.3) is 33.2 Å². The number of carboxylic acids is 1. The Morgan fingerprint density at radius 1 is 0.889 bits per heavy atom. The lowest BCUT2D eigenvalue weighted by molar-refractivity contribution is -0.136. The predicted octanol–water partition coefficient (Wildman–Crippen LogP) is 5.96. The Bertz CT molecular complexity index is 1090. The molecule has 1 N–H and O–H groups in total. The number of carboxylic acid groups (broad SMARTS) is 1. The summed E-state index contributed by atoms with van der Waals surface area (Å²) < 4.78 is 6.03. The second-order valence-electron chi connectivity index (χ2n) is 6.60. The van der Waals surface area contributed by atoms with Crippen molar-refractivity contribution in [2.75, 3.05) is 0 Å². The quantitative estimate of drug-likeness (QED) is 0.480. The van der Waals surface area contributed by atoms with Gasteiger partial charge in [-0.05, 0) is 34.4 Å². The molecular formula is C24H20O3. The van der Waals surface area contributed by atoms with Gasteiger partial charge in [-0.1, -0.05) is 67.6 Å². The van der Waals surface area contributed by atoms with E-state index in [-0.39, 0.29) is 6.42 Å². The maximum Gasteiger partial charge on any atom is 0.307 e. The van der Waals surface area contributed by atoms with Crippen molar-refractivity contribution in [3.8, 4) is 22.3 Å². The van der Waals surface area contributed by atoms with E-state index in [1.54, 1.807) is 0 Å². The summed E-state index contributed by atoms with van der Waals surface area (Å²) in [5.74, 6) is 0.0901. The monoisotopic (exact) mass is 356 g/mol. The maximum atomic E-state index is 11.1. The van der Waals surface area contributed by atoms with Crippen molar-refractivity contribution < 1.29 is 14.3 Å². The van der Waals surface area contributed by atoms with E-state index >= 15 is 0 Å². The molecule has 0 aliphatic rings. The van der Waals surface area contributed by atoms with Crippen molar-refractivity contribution in [2.45, 2.75) is 19.8 Å². The Morgan fingerprint density at radius 3 is 2.22 bits per heavy atom. The molecule has 0 radical (unpaired) electrons. The minimum atomic E-state index is -0.831. The van der Waals surface area contributed by atoms with Gasteiger partial charge in [0.15, 0.2) is 0 Å². The summed E-state index contributed by atoms with van der Waals surface area (Å²) in [5, 5.41) is 10.1. The van der Waals surface area contributed by atoms with Gasteiger partial charge < -0.3 is 9.52 Å². The van der Waals surface area contributed by atoms with Crippen LogP contribution in [0.1, 0.15) is 18.2 Å². The standard InChI is InChI=1S/C24H20O3/c1-2-21-24(20-14-16(15-23(25)26)8-13-22(20)27-21)19-11-9-18(10-12-19)17-6-4-3-5-7-17/h3-14H,2,15H2,1H3,(H,25,26). The summed E-state index contributed by atoms with van der Waals surface area (Å²) in [6.07, 6.45) is 0.785. The third-order valence-electron chi connectivity index (χ3n) is 4.78. The number of carbonyl (C=O) groups is 1. The van der Waals surface area contributed by atoms with E-state index in [0.29, 0.717) is 0 Å². The zero-order valence-corrected chi connectivity index (χ0v) is 15.1. The van der Waals surface area contributed by atoms with Gasteiger partial charge in [0.2, 0.25) is 0 Å². The van der Waals surface area contributed by atoms with Gasteiger partial charge in [0.05, 0.1) is 6.42 Å². The summed E-state index contributed by atoms with van der Waals surface area (Å²) in [6, 6.07) is 24.3. The highest BCUT2D eigenvalue weighted by Crippen LogP contribution is 2.36. The van der Waals surface area contributed by atoms with Gasteiger partial charge in [-0.25, -0.2) is 0 Å². The molecule has 4 rings (SSSR count). The molecule has 3 aromatic carbocycles. The van der Waals surface area contributed by atoms with E-state index in [1.807, 2.05) is 36.4 Å². The summed E-state index contributed by atoms with van der Waals surface area (Å²) >= 11 is 0. The van der Waals surface area contributed by atoms with Gasteiger partial charge in [-0.3, -0.25) is 4.79 Å². The van der Waals surface area contributed by atoms with Gasteiger partial charge in [-0.15, -0.1) is 0 Å². The number of benzene rings is 3. The molecule has 134 valence electrons. The molecule has 0 amide bonds. The molecule has 3 heteroatoms. The molecule has 1 heterocycles. The van der Waals surface area contributed by atoms with E-state index in [9.17, 15) is 4.79 Å². The lowest BCUT2D eigenvalue weighted by atomic mass is 9.97. The Hall–Kier alpha value is -3.33. The Balaban J connectivity index is 1.81. The molecular weight excluding hydrogens is 336 g/mol. The summed E-state index contributed by atoms with van der Waals surface area (Å²) in [5.41, 5.74) is 6.05. The van der Waals surface area contributed by atoms with Crippen LogP contribution in [0.3, 0.4) is 0 Å². The van der Waals surface area contributed by atoms with Crippen molar-refractivity contribution in [3.05, 3.63) is 84.1 Å². The van der Waals surface area contributed by atoms with Crippen LogP contribution in [-0.4, -0.2) is 11.1 Å². The minimum Gasteiger partial charge on any atom is -0.481 e.